The van der Waals surface area contributed by atoms with Gasteiger partial charge in [-0.05, 0) is 144 Å². The van der Waals surface area contributed by atoms with Crippen LogP contribution in [0.25, 0.3) is 0 Å². The molecule has 1 N–H and O–H groups in total. The second-order valence-corrected chi connectivity index (χ2v) is 14.7. The van der Waals surface area contributed by atoms with Crippen LogP contribution in [0.1, 0.15) is 124 Å². The third-order valence-corrected chi connectivity index (χ3v) is 12.6. The summed E-state index contributed by atoms with van der Waals surface area (Å²) in [4.78, 5) is 15.0. The summed E-state index contributed by atoms with van der Waals surface area (Å²) < 4.78 is 0. The zero-order chi connectivity index (χ0) is 25.9. The summed E-state index contributed by atoms with van der Waals surface area (Å²) in [6.07, 6.45) is 20.2. The van der Waals surface area contributed by atoms with Crippen LogP contribution in [-0.4, -0.2) is 38.0 Å². The zero-order valence-corrected chi connectivity index (χ0v) is 24.9. The van der Waals surface area contributed by atoms with Gasteiger partial charge in [0.15, 0.2) is 0 Å². The van der Waals surface area contributed by atoms with Crippen molar-refractivity contribution in [2.45, 2.75) is 124 Å². The maximum Gasteiger partial charge on any atom is 0.220 e. The van der Waals surface area contributed by atoms with Gasteiger partial charge in [0.2, 0.25) is 5.91 Å². The van der Waals surface area contributed by atoms with E-state index < -0.39 is 0 Å². The molecule has 0 bridgehead atoms. The highest BCUT2D eigenvalue weighted by molar-refractivity contribution is 5.75. The van der Waals surface area contributed by atoms with Gasteiger partial charge in [-0.25, -0.2) is 0 Å². The summed E-state index contributed by atoms with van der Waals surface area (Å²) in [6, 6.07) is 0. The van der Waals surface area contributed by atoms with E-state index in [1.807, 2.05) is 0 Å². The molecule has 4 rings (SSSR count). The number of amides is 1. The molecule has 1 amide bonds. The van der Waals surface area contributed by atoms with E-state index in [0.29, 0.717) is 16.7 Å². The fourth-order valence-electron chi connectivity index (χ4n) is 10.3. The largest absolute Gasteiger partial charge is 0.356 e. The van der Waals surface area contributed by atoms with Gasteiger partial charge in [-0.1, -0.05) is 47.0 Å². The Kier molecular flexibility index (Phi) is 9.55. The molecule has 4 aliphatic carbocycles. The van der Waals surface area contributed by atoms with Crippen LogP contribution in [0.2, 0.25) is 0 Å². The number of hydrogen-bond donors (Lipinski definition) is 1. The molecule has 0 spiro atoms. The van der Waals surface area contributed by atoms with E-state index in [-0.39, 0.29) is 5.91 Å². The second-order valence-electron chi connectivity index (χ2n) is 14.7. The van der Waals surface area contributed by atoms with Gasteiger partial charge < -0.3 is 10.2 Å². The first kappa shape index (κ1) is 28.4. The Morgan fingerprint density at radius 3 is 2.44 bits per heavy atom. The number of nitrogens with one attached hydrogen (secondary N) is 1. The molecule has 4 saturated carbocycles. The van der Waals surface area contributed by atoms with E-state index in [1.54, 1.807) is 0 Å². The predicted octanol–water partition coefficient (Wildman–Crippen LogP) is 7.94. The average Bonchev–Trinajstić information content (AvgIpc) is 3.21. The van der Waals surface area contributed by atoms with Crippen molar-refractivity contribution in [3.05, 3.63) is 0 Å². The van der Waals surface area contributed by atoms with Crippen LogP contribution in [0.5, 0.6) is 0 Å². The van der Waals surface area contributed by atoms with Crippen molar-refractivity contribution in [2.75, 3.05) is 27.2 Å². The van der Waals surface area contributed by atoms with E-state index in [1.165, 1.54) is 77.0 Å². The van der Waals surface area contributed by atoms with Gasteiger partial charge in [-0.2, -0.15) is 0 Å². The van der Waals surface area contributed by atoms with E-state index >= 15 is 0 Å². The van der Waals surface area contributed by atoms with Gasteiger partial charge in [0.05, 0.1) is 0 Å². The molecule has 0 aromatic rings. The van der Waals surface area contributed by atoms with Crippen molar-refractivity contribution in [3.8, 4) is 0 Å². The molecule has 9 atom stereocenters. The Morgan fingerprint density at radius 2 is 1.69 bits per heavy atom. The third kappa shape index (κ3) is 5.86. The summed E-state index contributed by atoms with van der Waals surface area (Å²) in [5.41, 5.74) is 1.17. The molecule has 0 heterocycles. The number of nitrogens with zero attached hydrogens (tertiary/aromatic N) is 1. The average molecular weight is 501 g/mol. The van der Waals surface area contributed by atoms with Crippen molar-refractivity contribution in [1.29, 1.82) is 0 Å². The summed E-state index contributed by atoms with van der Waals surface area (Å²) >= 11 is 0. The van der Waals surface area contributed by atoms with Crippen LogP contribution in [0.4, 0.5) is 0 Å². The smallest absolute Gasteiger partial charge is 0.220 e. The lowest BCUT2D eigenvalue weighted by molar-refractivity contribution is -0.122. The van der Waals surface area contributed by atoms with E-state index in [2.05, 4.69) is 52.0 Å². The summed E-state index contributed by atoms with van der Waals surface area (Å²) in [5, 5.41) is 3.26. The van der Waals surface area contributed by atoms with Gasteiger partial charge in [-0.3, -0.25) is 4.79 Å². The Balaban J connectivity index is 1.25. The van der Waals surface area contributed by atoms with Gasteiger partial charge >= 0.3 is 0 Å². The van der Waals surface area contributed by atoms with Gasteiger partial charge in [-0.15, -0.1) is 0 Å². The fraction of sp³-hybridized carbons (Fsp3) is 0.970. The number of hydrogen-bond acceptors (Lipinski definition) is 2. The fourth-order valence-corrected chi connectivity index (χ4v) is 10.3. The minimum atomic E-state index is 0.288. The Labute approximate surface area is 224 Å². The molecule has 0 aromatic carbocycles. The zero-order valence-electron chi connectivity index (χ0n) is 24.9. The van der Waals surface area contributed by atoms with Crippen LogP contribution in [-0.2, 0) is 4.79 Å². The van der Waals surface area contributed by atoms with Crippen molar-refractivity contribution >= 4 is 5.91 Å². The number of fused-ring (bicyclic) bond motifs is 5. The second kappa shape index (κ2) is 12.1. The Bertz CT molecular complexity index is 720. The monoisotopic (exact) mass is 500 g/mol. The van der Waals surface area contributed by atoms with Crippen LogP contribution >= 0.6 is 0 Å². The van der Waals surface area contributed by atoms with Crippen molar-refractivity contribution < 1.29 is 4.79 Å². The number of carbonyl (C=O) groups is 1. The van der Waals surface area contributed by atoms with Crippen molar-refractivity contribution in [1.82, 2.24) is 10.2 Å². The molecule has 0 saturated heterocycles. The molecular weight excluding hydrogens is 440 g/mol. The lowest BCUT2D eigenvalue weighted by Crippen LogP contribution is -2.53. The Morgan fingerprint density at radius 1 is 0.917 bits per heavy atom. The van der Waals surface area contributed by atoms with Gasteiger partial charge in [0, 0.05) is 13.0 Å². The molecule has 5 unspecified atom stereocenters. The molecule has 4 fully saturated rings. The van der Waals surface area contributed by atoms with Crippen LogP contribution in [0.15, 0.2) is 0 Å². The molecule has 0 aromatic heterocycles. The molecule has 3 heteroatoms. The normalized spacial score (nSPS) is 39.7. The minimum Gasteiger partial charge on any atom is -0.356 e. The van der Waals surface area contributed by atoms with E-state index in [9.17, 15) is 4.79 Å². The van der Waals surface area contributed by atoms with Gasteiger partial charge in [0.1, 0.15) is 0 Å². The summed E-state index contributed by atoms with van der Waals surface area (Å²) in [7, 11) is 4.30. The number of carbonyl (C=O) groups excluding carboxylic acids is 1. The highest BCUT2D eigenvalue weighted by Gasteiger charge is 2.60. The van der Waals surface area contributed by atoms with E-state index in [0.717, 1.165) is 67.9 Å². The summed E-state index contributed by atoms with van der Waals surface area (Å²) in [5.74, 6) is 6.47. The first-order valence-corrected chi connectivity index (χ1v) is 16.1. The summed E-state index contributed by atoms with van der Waals surface area (Å²) in [6.45, 7) is 12.1. The van der Waals surface area contributed by atoms with Crippen LogP contribution in [0, 0.1) is 52.3 Å². The Hall–Kier alpha value is -0.570. The van der Waals surface area contributed by atoms with Crippen LogP contribution in [0.3, 0.4) is 0 Å². The van der Waals surface area contributed by atoms with Crippen LogP contribution < -0.4 is 5.32 Å². The highest BCUT2D eigenvalue weighted by Crippen LogP contribution is 2.68. The maximum absolute atomic E-state index is 12.7. The predicted molar refractivity (Wildman–Crippen MR) is 153 cm³/mol. The minimum absolute atomic E-state index is 0.288. The quantitative estimate of drug-likeness (QED) is 0.312. The lowest BCUT2D eigenvalue weighted by Gasteiger charge is -2.61. The SMILES string of the molecule is CCC(CCNC(=O)CC[C@@H](C)[C@H]1CCC2C3CCC4CCCC[C@]4(C)C3CC[C@@]21C)CCN(C)C. The first-order chi connectivity index (χ1) is 17.2. The topological polar surface area (TPSA) is 32.3 Å². The maximum atomic E-state index is 12.7. The van der Waals surface area contributed by atoms with Crippen molar-refractivity contribution in [2.24, 2.45) is 52.3 Å². The lowest BCUT2D eigenvalue weighted by atomic mass is 9.44. The molecule has 4 aliphatic rings. The molecule has 0 aliphatic heterocycles. The van der Waals surface area contributed by atoms with Gasteiger partial charge in [0.25, 0.3) is 0 Å². The highest BCUT2D eigenvalue weighted by atomic mass is 16.1. The van der Waals surface area contributed by atoms with Crippen molar-refractivity contribution in [3.63, 3.8) is 0 Å². The molecule has 36 heavy (non-hydrogen) atoms. The number of rotatable bonds is 11. The third-order valence-electron chi connectivity index (χ3n) is 12.6. The molecule has 0 radical (unpaired) electrons. The van der Waals surface area contributed by atoms with E-state index in [4.69, 9.17) is 0 Å². The molecule has 3 nitrogen and oxygen atoms in total. The molecular formula is C33H60N2O. The molecule has 208 valence electrons. The first-order valence-electron chi connectivity index (χ1n) is 16.1. The standard InChI is InChI=1S/C33H60N2O/c1-7-25(19-23-35(5)6)18-22-34-31(36)16-11-24(2)28-14-15-29-27-13-12-26-10-8-9-20-32(26,3)30(27)17-21-33(28,29)4/h24-30H,7-23H2,1-6H3,(H,34,36)/t24-,25?,26?,27?,28-,29?,30?,32+,33-/m1/s1.